The standard InChI is InChI=1S/C20H16BrNO2/c21-16-8-12-10-18-19(11-13(12)9-17(16)22)24-20(23-18,15-6-7-15)14-4-2-1-3-5-14/h1-5,8-11,15H,6-7,22H2. The number of nitrogens with two attached hydrogens (primary N) is 1. The molecule has 1 atom stereocenters. The van der Waals surface area contributed by atoms with Gasteiger partial charge in [-0.3, -0.25) is 0 Å². The Kier molecular flexibility index (Phi) is 2.89. The van der Waals surface area contributed by atoms with Crippen LogP contribution in [0.1, 0.15) is 18.4 Å². The van der Waals surface area contributed by atoms with Gasteiger partial charge in [0.05, 0.1) is 0 Å². The summed E-state index contributed by atoms with van der Waals surface area (Å²) in [6.45, 7) is 0. The van der Waals surface area contributed by atoms with E-state index in [9.17, 15) is 0 Å². The average Bonchev–Trinajstić information content (AvgIpc) is 3.37. The molecule has 0 radical (unpaired) electrons. The highest BCUT2D eigenvalue weighted by Crippen LogP contribution is 2.55. The number of benzene rings is 3. The zero-order valence-electron chi connectivity index (χ0n) is 13.0. The van der Waals surface area contributed by atoms with Crippen LogP contribution in [0.3, 0.4) is 0 Å². The van der Waals surface area contributed by atoms with Crippen LogP contribution in [0.25, 0.3) is 10.8 Å². The van der Waals surface area contributed by atoms with Crippen LogP contribution < -0.4 is 15.2 Å². The summed E-state index contributed by atoms with van der Waals surface area (Å²) in [6, 6.07) is 18.3. The van der Waals surface area contributed by atoms with E-state index >= 15 is 0 Å². The monoisotopic (exact) mass is 381 g/mol. The Morgan fingerprint density at radius 3 is 2.17 bits per heavy atom. The zero-order chi connectivity index (χ0) is 16.3. The van der Waals surface area contributed by atoms with Crippen LogP contribution in [0, 0.1) is 5.92 Å². The van der Waals surface area contributed by atoms with E-state index < -0.39 is 5.79 Å². The molecule has 4 heteroatoms. The number of ether oxygens (including phenoxy) is 2. The molecule has 24 heavy (non-hydrogen) atoms. The third-order valence-corrected chi connectivity index (χ3v) is 5.52. The maximum absolute atomic E-state index is 6.41. The second-order valence-electron chi connectivity index (χ2n) is 6.53. The SMILES string of the molecule is Nc1cc2cc3c(cc2cc1Br)OC(c1ccccc1)(C1CC1)O3. The number of halogens is 1. The van der Waals surface area contributed by atoms with Gasteiger partial charge in [-0.1, -0.05) is 30.3 Å². The largest absolute Gasteiger partial charge is 0.444 e. The van der Waals surface area contributed by atoms with Crippen molar-refractivity contribution >= 4 is 32.4 Å². The number of nitrogen functional groups attached to an aromatic ring is 1. The minimum absolute atomic E-state index is 0.396. The van der Waals surface area contributed by atoms with Gasteiger partial charge in [0, 0.05) is 21.6 Å². The van der Waals surface area contributed by atoms with Gasteiger partial charge in [-0.2, -0.15) is 0 Å². The molecule has 120 valence electrons. The molecular formula is C20H16BrNO2. The predicted molar refractivity (Wildman–Crippen MR) is 98.2 cm³/mol. The Morgan fingerprint density at radius 2 is 1.54 bits per heavy atom. The van der Waals surface area contributed by atoms with E-state index in [0.717, 1.165) is 50.8 Å². The lowest BCUT2D eigenvalue weighted by atomic mass is 10.0. The van der Waals surface area contributed by atoms with Crippen molar-refractivity contribution in [3.63, 3.8) is 0 Å². The van der Waals surface area contributed by atoms with Crippen LogP contribution in [0.4, 0.5) is 5.69 Å². The third-order valence-electron chi connectivity index (χ3n) is 4.83. The molecule has 0 aromatic heterocycles. The average molecular weight is 382 g/mol. The normalized spacial score (nSPS) is 22.0. The minimum Gasteiger partial charge on any atom is -0.444 e. The van der Waals surface area contributed by atoms with E-state index in [-0.39, 0.29) is 0 Å². The fourth-order valence-corrected chi connectivity index (χ4v) is 3.82. The van der Waals surface area contributed by atoms with E-state index in [1.165, 1.54) is 0 Å². The van der Waals surface area contributed by atoms with Crippen LogP contribution in [0.2, 0.25) is 0 Å². The topological polar surface area (TPSA) is 44.5 Å². The van der Waals surface area contributed by atoms with E-state index in [1.807, 2.05) is 42.5 Å². The molecule has 3 aromatic rings. The summed E-state index contributed by atoms with van der Waals surface area (Å²) in [7, 11) is 0. The summed E-state index contributed by atoms with van der Waals surface area (Å²) in [5.41, 5.74) is 7.81. The van der Waals surface area contributed by atoms with Crippen LogP contribution >= 0.6 is 15.9 Å². The molecule has 1 fully saturated rings. The third kappa shape index (κ3) is 2.02. The predicted octanol–water partition coefficient (Wildman–Crippen LogP) is 5.22. The Morgan fingerprint density at radius 1 is 0.917 bits per heavy atom. The summed E-state index contributed by atoms with van der Waals surface area (Å²) in [5.74, 6) is 1.30. The molecule has 3 nitrogen and oxygen atoms in total. The molecule has 2 aliphatic rings. The van der Waals surface area contributed by atoms with Crippen molar-refractivity contribution in [1.29, 1.82) is 0 Å². The molecule has 0 saturated heterocycles. The van der Waals surface area contributed by atoms with E-state index in [1.54, 1.807) is 0 Å². The number of hydrogen-bond acceptors (Lipinski definition) is 3. The summed E-state index contributed by atoms with van der Waals surface area (Å²) in [5, 5.41) is 2.13. The Bertz CT molecular complexity index is 900. The van der Waals surface area contributed by atoms with E-state index in [4.69, 9.17) is 15.2 Å². The van der Waals surface area contributed by atoms with Crippen LogP contribution in [0.15, 0.2) is 59.1 Å². The molecule has 2 N–H and O–H groups in total. The molecule has 3 aromatic carbocycles. The fourth-order valence-electron chi connectivity index (χ4n) is 3.46. The van der Waals surface area contributed by atoms with Crippen LogP contribution in [-0.2, 0) is 5.79 Å². The minimum atomic E-state index is -0.691. The molecule has 1 unspecified atom stereocenters. The quantitative estimate of drug-likeness (QED) is 0.618. The molecule has 0 bridgehead atoms. The molecule has 5 rings (SSSR count). The summed E-state index contributed by atoms with van der Waals surface area (Å²) in [6.07, 6.45) is 2.25. The van der Waals surface area contributed by atoms with Crippen molar-refractivity contribution in [2.75, 3.05) is 5.73 Å². The molecule has 1 aliphatic carbocycles. The van der Waals surface area contributed by atoms with Gasteiger partial charge in [-0.25, -0.2) is 0 Å². The lowest BCUT2D eigenvalue weighted by Crippen LogP contribution is -2.37. The second kappa shape index (κ2) is 4.90. The molecule has 0 spiro atoms. The van der Waals surface area contributed by atoms with Gasteiger partial charge in [-0.05, 0) is 63.8 Å². The molecule has 1 saturated carbocycles. The summed E-state index contributed by atoms with van der Waals surface area (Å²) in [4.78, 5) is 0. The van der Waals surface area contributed by atoms with Crippen LogP contribution in [-0.4, -0.2) is 0 Å². The van der Waals surface area contributed by atoms with E-state index in [2.05, 4.69) is 28.1 Å². The van der Waals surface area contributed by atoms with Crippen molar-refractivity contribution < 1.29 is 9.47 Å². The first kappa shape index (κ1) is 14.2. The van der Waals surface area contributed by atoms with E-state index in [0.29, 0.717) is 5.92 Å². The number of rotatable bonds is 2. The van der Waals surface area contributed by atoms with Gasteiger partial charge < -0.3 is 15.2 Å². The number of anilines is 1. The lowest BCUT2D eigenvalue weighted by molar-refractivity contribution is -0.106. The molecule has 0 amide bonds. The maximum atomic E-state index is 6.41. The fraction of sp³-hybridized carbons (Fsp3) is 0.200. The van der Waals surface area contributed by atoms with Gasteiger partial charge in [-0.15, -0.1) is 0 Å². The summed E-state index contributed by atoms with van der Waals surface area (Å²) < 4.78 is 13.7. The molecule has 1 aliphatic heterocycles. The maximum Gasteiger partial charge on any atom is 0.281 e. The zero-order valence-corrected chi connectivity index (χ0v) is 14.5. The highest BCUT2D eigenvalue weighted by atomic mass is 79.9. The smallest absolute Gasteiger partial charge is 0.281 e. The first-order valence-electron chi connectivity index (χ1n) is 8.12. The lowest BCUT2D eigenvalue weighted by Gasteiger charge is -2.28. The van der Waals surface area contributed by atoms with Crippen molar-refractivity contribution in [2.45, 2.75) is 18.6 Å². The van der Waals surface area contributed by atoms with Gasteiger partial charge in [0.1, 0.15) is 0 Å². The van der Waals surface area contributed by atoms with Gasteiger partial charge >= 0.3 is 0 Å². The van der Waals surface area contributed by atoms with Crippen LogP contribution in [0.5, 0.6) is 11.5 Å². The van der Waals surface area contributed by atoms with Crippen molar-refractivity contribution in [3.05, 3.63) is 64.6 Å². The Hall–Kier alpha value is -2.20. The first-order chi connectivity index (χ1) is 11.7. The first-order valence-corrected chi connectivity index (χ1v) is 8.91. The Balaban J connectivity index is 1.65. The highest BCUT2D eigenvalue weighted by molar-refractivity contribution is 9.10. The highest BCUT2D eigenvalue weighted by Gasteiger charge is 2.55. The van der Waals surface area contributed by atoms with Gasteiger partial charge in [0.15, 0.2) is 11.5 Å². The summed E-state index contributed by atoms with van der Waals surface area (Å²) >= 11 is 3.49. The Labute approximate surface area is 148 Å². The second-order valence-corrected chi connectivity index (χ2v) is 7.39. The van der Waals surface area contributed by atoms with Crippen molar-refractivity contribution in [1.82, 2.24) is 0 Å². The number of fused-ring (bicyclic) bond motifs is 2. The van der Waals surface area contributed by atoms with Crippen molar-refractivity contribution in [2.24, 2.45) is 5.92 Å². The van der Waals surface area contributed by atoms with Gasteiger partial charge in [0.2, 0.25) is 0 Å². The number of hydrogen-bond donors (Lipinski definition) is 1. The van der Waals surface area contributed by atoms with Gasteiger partial charge in [0.25, 0.3) is 5.79 Å². The molecular weight excluding hydrogens is 366 g/mol. The molecule has 1 heterocycles. The van der Waals surface area contributed by atoms with Crippen molar-refractivity contribution in [3.8, 4) is 11.5 Å².